The average Bonchev–Trinajstić information content (AvgIpc) is 2.37. The van der Waals surface area contributed by atoms with Gasteiger partial charge in [0.05, 0.1) is 0 Å². The summed E-state index contributed by atoms with van der Waals surface area (Å²) in [5.74, 6) is -14.7. The molecule has 1 aromatic carbocycles. The number of benzene rings is 1. The van der Waals surface area contributed by atoms with Crippen LogP contribution in [-0.4, -0.2) is 24.1 Å². The van der Waals surface area contributed by atoms with Crippen molar-refractivity contribution >= 4 is 0 Å². The Morgan fingerprint density at radius 2 is 1.23 bits per heavy atom. The van der Waals surface area contributed by atoms with Crippen molar-refractivity contribution in [2.75, 3.05) is 0 Å². The van der Waals surface area contributed by atoms with Crippen LogP contribution in [0.1, 0.15) is 12.5 Å². The van der Waals surface area contributed by atoms with Crippen molar-refractivity contribution in [1.82, 2.24) is 0 Å². The standard InChI is InChI=1S/C12H9F9O/c1-2-7-3-5-8(6-4-7)22-12(20,21)10(15,16)9(13,14)11(17,18)19/h3-6H,2H2,1H3. The van der Waals surface area contributed by atoms with E-state index in [0.717, 1.165) is 12.1 Å². The van der Waals surface area contributed by atoms with Gasteiger partial charge in [0, 0.05) is 0 Å². The summed E-state index contributed by atoms with van der Waals surface area (Å²) in [7, 11) is 0. The molecule has 1 aromatic rings. The highest BCUT2D eigenvalue weighted by molar-refractivity contribution is 5.27. The molecule has 0 radical (unpaired) electrons. The Morgan fingerprint density at radius 1 is 0.773 bits per heavy atom. The molecule has 0 aromatic heterocycles. The summed E-state index contributed by atoms with van der Waals surface area (Å²) in [6.45, 7) is 1.68. The fourth-order valence-electron chi connectivity index (χ4n) is 1.37. The number of hydrogen-bond donors (Lipinski definition) is 0. The first-order valence-corrected chi connectivity index (χ1v) is 5.74. The highest BCUT2D eigenvalue weighted by Crippen LogP contribution is 2.53. The fraction of sp³-hybridized carbons (Fsp3) is 0.500. The molecule has 0 atom stereocenters. The largest absolute Gasteiger partial charge is 0.471 e. The zero-order valence-corrected chi connectivity index (χ0v) is 10.8. The lowest BCUT2D eigenvalue weighted by Crippen LogP contribution is -2.62. The second kappa shape index (κ2) is 5.54. The summed E-state index contributed by atoms with van der Waals surface area (Å²) in [6.07, 6.45) is -12.5. The van der Waals surface area contributed by atoms with Crippen molar-refractivity contribution in [3.05, 3.63) is 29.8 Å². The third-order valence-electron chi connectivity index (χ3n) is 2.69. The van der Waals surface area contributed by atoms with Crippen LogP contribution in [0.5, 0.6) is 5.75 Å². The van der Waals surface area contributed by atoms with Gasteiger partial charge in [-0.25, -0.2) is 0 Å². The van der Waals surface area contributed by atoms with Gasteiger partial charge in [-0.15, -0.1) is 0 Å². The SMILES string of the molecule is CCc1ccc(OC(F)(F)C(F)(F)C(F)(F)C(F)(F)F)cc1. The summed E-state index contributed by atoms with van der Waals surface area (Å²) in [5.41, 5.74) is 0.586. The molecule has 0 fully saturated rings. The molecule has 10 heteroatoms. The lowest BCUT2D eigenvalue weighted by atomic mass is 10.1. The number of ether oxygens (including phenoxy) is 1. The first kappa shape index (κ1) is 18.4. The molecule has 0 bridgehead atoms. The van der Waals surface area contributed by atoms with Crippen LogP contribution in [-0.2, 0) is 6.42 Å². The van der Waals surface area contributed by atoms with Gasteiger partial charge in [0.2, 0.25) is 0 Å². The minimum Gasteiger partial charge on any atom is -0.428 e. The van der Waals surface area contributed by atoms with Gasteiger partial charge in [-0.2, -0.15) is 39.5 Å². The maximum atomic E-state index is 13.1. The molecule has 1 nitrogen and oxygen atoms in total. The van der Waals surface area contributed by atoms with Crippen LogP contribution in [0.25, 0.3) is 0 Å². The van der Waals surface area contributed by atoms with Gasteiger partial charge in [-0.3, -0.25) is 0 Å². The molecule has 0 spiro atoms. The van der Waals surface area contributed by atoms with E-state index in [1.165, 1.54) is 12.1 Å². The van der Waals surface area contributed by atoms with Crippen molar-refractivity contribution < 1.29 is 44.3 Å². The van der Waals surface area contributed by atoms with E-state index in [9.17, 15) is 39.5 Å². The minimum absolute atomic E-state index is 0.457. The van der Waals surface area contributed by atoms with Gasteiger partial charge >= 0.3 is 24.1 Å². The maximum Gasteiger partial charge on any atom is 0.471 e. The molecule has 1 rings (SSSR count). The van der Waals surface area contributed by atoms with Crippen molar-refractivity contribution in [3.63, 3.8) is 0 Å². The summed E-state index contributed by atoms with van der Waals surface area (Å²) in [6, 6.07) is 3.86. The lowest BCUT2D eigenvalue weighted by molar-refractivity contribution is -0.428. The molecule has 0 amide bonds. The van der Waals surface area contributed by atoms with Gasteiger partial charge < -0.3 is 4.74 Å². The summed E-state index contributed by atoms with van der Waals surface area (Å²) < 4.78 is 116. The lowest BCUT2D eigenvalue weighted by Gasteiger charge is -2.33. The van der Waals surface area contributed by atoms with Gasteiger partial charge in [0.1, 0.15) is 5.75 Å². The van der Waals surface area contributed by atoms with Crippen molar-refractivity contribution in [2.24, 2.45) is 0 Å². The average molecular weight is 340 g/mol. The second-order valence-corrected chi connectivity index (χ2v) is 4.26. The predicted molar refractivity (Wildman–Crippen MR) is 57.3 cm³/mol. The molecule has 0 aliphatic carbocycles. The fourth-order valence-corrected chi connectivity index (χ4v) is 1.37. The van der Waals surface area contributed by atoms with Crippen molar-refractivity contribution in [2.45, 2.75) is 37.5 Å². The Morgan fingerprint density at radius 3 is 1.59 bits per heavy atom. The molecule has 22 heavy (non-hydrogen) atoms. The first-order chi connectivity index (χ1) is 9.76. The summed E-state index contributed by atoms with van der Waals surface area (Å²) in [4.78, 5) is 0. The van der Waals surface area contributed by atoms with Crippen LogP contribution in [0, 0.1) is 0 Å². The molecule has 0 saturated heterocycles. The molecule has 0 saturated carbocycles. The smallest absolute Gasteiger partial charge is 0.428 e. The zero-order valence-electron chi connectivity index (χ0n) is 10.8. The highest BCUT2D eigenvalue weighted by Gasteiger charge is 2.83. The van der Waals surface area contributed by atoms with Gasteiger partial charge in [0.15, 0.2) is 0 Å². The van der Waals surface area contributed by atoms with E-state index in [0.29, 0.717) is 12.0 Å². The third kappa shape index (κ3) is 3.09. The van der Waals surface area contributed by atoms with Crippen LogP contribution in [0.2, 0.25) is 0 Å². The van der Waals surface area contributed by atoms with E-state index in [1.54, 1.807) is 6.92 Å². The Kier molecular flexibility index (Phi) is 4.65. The van der Waals surface area contributed by atoms with Crippen LogP contribution in [0.3, 0.4) is 0 Å². The van der Waals surface area contributed by atoms with Crippen LogP contribution >= 0.6 is 0 Å². The van der Waals surface area contributed by atoms with Crippen molar-refractivity contribution in [1.29, 1.82) is 0 Å². The van der Waals surface area contributed by atoms with E-state index < -0.39 is 29.9 Å². The summed E-state index contributed by atoms with van der Waals surface area (Å²) >= 11 is 0. The Hall–Kier alpha value is -1.61. The molecule has 0 N–H and O–H groups in total. The zero-order chi connectivity index (χ0) is 17.4. The van der Waals surface area contributed by atoms with E-state index in [1.807, 2.05) is 0 Å². The second-order valence-electron chi connectivity index (χ2n) is 4.26. The molecule has 0 unspecified atom stereocenters. The van der Waals surface area contributed by atoms with E-state index in [2.05, 4.69) is 4.74 Å². The molecule has 0 heterocycles. The van der Waals surface area contributed by atoms with E-state index in [-0.39, 0.29) is 0 Å². The Balaban J connectivity index is 3.10. The van der Waals surface area contributed by atoms with E-state index >= 15 is 0 Å². The predicted octanol–water partition coefficient (Wildman–Crippen LogP) is 5.05. The van der Waals surface area contributed by atoms with Crippen LogP contribution in [0.15, 0.2) is 24.3 Å². The molecule has 0 aliphatic heterocycles. The van der Waals surface area contributed by atoms with Crippen LogP contribution in [0.4, 0.5) is 39.5 Å². The van der Waals surface area contributed by atoms with Gasteiger partial charge in [0.25, 0.3) is 0 Å². The Bertz CT molecular complexity index is 504. The number of rotatable bonds is 5. The van der Waals surface area contributed by atoms with Gasteiger partial charge in [-0.1, -0.05) is 19.1 Å². The van der Waals surface area contributed by atoms with Gasteiger partial charge in [-0.05, 0) is 24.1 Å². The molecule has 126 valence electrons. The molecule has 0 aliphatic rings. The normalized spacial score (nSPS) is 14.1. The number of hydrogen-bond acceptors (Lipinski definition) is 1. The molecular weight excluding hydrogens is 331 g/mol. The van der Waals surface area contributed by atoms with Crippen molar-refractivity contribution in [3.8, 4) is 5.75 Å². The number of aryl methyl sites for hydroxylation is 1. The molecular formula is C12H9F9O. The Labute approximate surface area is 118 Å². The van der Waals surface area contributed by atoms with E-state index in [4.69, 9.17) is 0 Å². The maximum absolute atomic E-state index is 13.1. The monoisotopic (exact) mass is 340 g/mol. The third-order valence-corrected chi connectivity index (χ3v) is 2.69. The summed E-state index contributed by atoms with van der Waals surface area (Å²) in [5, 5.41) is 0. The number of alkyl halides is 9. The quantitative estimate of drug-likeness (QED) is 0.682. The highest BCUT2D eigenvalue weighted by atomic mass is 19.4. The first-order valence-electron chi connectivity index (χ1n) is 5.74. The minimum atomic E-state index is -6.97. The van der Waals surface area contributed by atoms with Crippen LogP contribution < -0.4 is 4.74 Å². The topological polar surface area (TPSA) is 9.23 Å². The number of halogens is 9.